The Hall–Kier alpha value is -0.0400. The lowest BCUT2D eigenvalue weighted by molar-refractivity contribution is 0.0289. The summed E-state index contributed by atoms with van der Waals surface area (Å²) in [6.07, 6.45) is 23.1. The number of unbranched alkanes of at least 4 members (excludes halogenated alkanes) is 1. The van der Waals surface area contributed by atoms with Crippen molar-refractivity contribution in [2.75, 3.05) is 6.61 Å². The minimum Gasteiger partial charge on any atom is -0.396 e. The van der Waals surface area contributed by atoms with E-state index in [2.05, 4.69) is 20.8 Å². The van der Waals surface area contributed by atoms with Crippen LogP contribution in [0.4, 0.5) is 0 Å². The van der Waals surface area contributed by atoms with Crippen molar-refractivity contribution in [3.05, 3.63) is 0 Å². The lowest BCUT2D eigenvalue weighted by Gasteiger charge is -2.47. The monoisotopic (exact) mass is 404 g/mol. The molecule has 3 aliphatic rings. The summed E-state index contributed by atoms with van der Waals surface area (Å²) in [5.74, 6) is 8.19. The van der Waals surface area contributed by atoms with Gasteiger partial charge in [-0.2, -0.15) is 0 Å². The van der Waals surface area contributed by atoms with Gasteiger partial charge in [-0.25, -0.2) is 0 Å². The Kier molecular flexibility index (Phi) is 9.87. The van der Waals surface area contributed by atoms with Crippen LogP contribution in [0.15, 0.2) is 0 Å². The molecule has 0 spiro atoms. The van der Waals surface area contributed by atoms with Crippen molar-refractivity contribution >= 4 is 0 Å². The molecule has 3 fully saturated rings. The third-order valence-electron chi connectivity index (χ3n) is 9.98. The van der Waals surface area contributed by atoms with E-state index < -0.39 is 0 Å². The predicted octanol–water partition coefficient (Wildman–Crippen LogP) is 8.25. The quantitative estimate of drug-likeness (QED) is 0.383. The zero-order valence-corrected chi connectivity index (χ0v) is 20.1. The highest BCUT2D eigenvalue weighted by Gasteiger charge is 2.41. The summed E-state index contributed by atoms with van der Waals surface area (Å²) in [4.78, 5) is 0. The van der Waals surface area contributed by atoms with E-state index in [4.69, 9.17) is 5.11 Å². The summed E-state index contributed by atoms with van der Waals surface area (Å²) >= 11 is 0. The summed E-state index contributed by atoms with van der Waals surface area (Å²) in [5.41, 5.74) is 0. The van der Waals surface area contributed by atoms with Crippen LogP contribution in [0.25, 0.3) is 0 Å². The van der Waals surface area contributed by atoms with E-state index in [1.54, 1.807) is 32.1 Å². The van der Waals surface area contributed by atoms with Crippen molar-refractivity contribution in [2.24, 2.45) is 47.3 Å². The van der Waals surface area contributed by atoms with E-state index in [0.29, 0.717) is 6.61 Å². The van der Waals surface area contributed by atoms with Crippen LogP contribution in [-0.2, 0) is 0 Å². The first kappa shape index (κ1) is 23.6. The summed E-state index contributed by atoms with van der Waals surface area (Å²) < 4.78 is 0. The Morgan fingerprint density at radius 2 is 1.17 bits per heavy atom. The van der Waals surface area contributed by atoms with Gasteiger partial charge in [0.1, 0.15) is 0 Å². The van der Waals surface area contributed by atoms with Gasteiger partial charge in [0.05, 0.1) is 0 Å². The molecule has 1 nitrogen and oxygen atoms in total. The van der Waals surface area contributed by atoms with Gasteiger partial charge in [0.2, 0.25) is 0 Å². The highest BCUT2D eigenvalue weighted by Crippen LogP contribution is 2.51. The second-order valence-electron chi connectivity index (χ2n) is 11.3. The second-order valence-corrected chi connectivity index (χ2v) is 11.3. The molecule has 0 radical (unpaired) electrons. The van der Waals surface area contributed by atoms with Crippen LogP contribution in [0.2, 0.25) is 0 Å². The molecule has 0 saturated heterocycles. The molecular weight excluding hydrogens is 352 g/mol. The lowest BCUT2D eigenvalue weighted by Crippen LogP contribution is -2.38. The first-order valence-electron chi connectivity index (χ1n) is 13.8. The van der Waals surface area contributed by atoms with Crippen LogP contribution in [-0.4, -0.2) is 11.7 Å². The average Bonchev–Trinajstić information content (AvgIpc) is 2.78. The second kappa shape index (κ2) is 12.1. The summed E-state index contributed by atoms with van der Waals surface area (Å²) in [5, 5.41) is 9.10. The Bertz CT molecular complexity index is 438. The average molecular weight is 405 g/mol. The molecule has 6 unspecified atom stereocenters. The number of hydrogen-bond acceptors (Lipinski definition) is 1. The van der Waals surface area contributed by atoms with Crippen LogP contribution in [0, 0.1) is 47.3 Å². The highest BCUT2D eigenvalue weighted by atomic mass is 16.2. The van der Waals surface area contributed by atoms with Crippen molar-refractivity contribution in [1.82, 2.24) is 0 Å². The van der Waals surface area contributed by atoms with E-state index in [-0.39, 0.29) is 0 Å². The molecule has 170 valence electrons. The van der Waals surface area contributed by atoms with Crippen molar-refractivity contribution in [3.8, 4) is 0 Å². The Morgan fingerprint density at radius 1 is 0.586 bits per heavy atom. The fourth-order valence-corrected chi connectivity index (χ4v) is 8.11. The number of aliphatic hydroxyl groups excluding tert-OH is 1. The zero-order valence-electron chi connectivity index (χ0n) is 20.1. The number of rotatable bonds is 9. The molecule has 0 aromatic carbocycles. The Balaban J connectivity index is 1.52. The van der Waals surface area contributed by atoms with Crippen molar-refractivity contribution in [3.63, 3.8) is 0 Å². The predicted molar refractivity (Wildman–Crippen MR) is 126 cm³/mol. The molecule has 1 heteroatoms. The highest BCUT2D eigenvalue weighted by molar-refractivity contribution is 4.91. The van der Waals surface area contributed by atoms with E-state index in [9.17, 15) is 0 Å². The largest absolute Gasteiger partial charge is 0.396 e. The standard InChI is InChI=1S/C28H52O/c1-4-21-10-13-25(14-11-21)27-17-15-26(20-24(27)6-3)28-16-12-22(9-7-8-18-29)19-23(28)5-2/h21-29H,4-20H2,1-3H3. The molecule has 3 saturated carbocycles. The molecule has 0 bridgehead atoms. The molecule has 3 rings (SSSR count). The molecule has 6 atom stereocenters. The van der Waals surface area contributed by atoms with Crippen molar-refractivity contribution in [1.29, 1.82) is 0 Å². The molecule has 0 aromatic heterocycles. The van der Waals surface area contributed by atoms with Gasteiger partial charge in [0.15, 0.2) is 0 Å². The van der Waals surface area contributed by atoms with E-state index >= 15 is 0 Å². The maximum absolute atomic E-state index is 9.10. The van der Waals surface area contributed by atoms with Crippen LogP contribution in [0.3, 0.4) is 0 Å². The molecule has 0 amide bonds. The van der Waals surface area contributed by atoms with Crippen LogP contribution in [0.1, 0.15) is 124 Å². The van der Waals surface area contributed by atoms with E-state index in [0.717, 1.165) is 53.8 Å². The first-order chi connectivity index (χ1) is 14.2. The molecule has 1 N–H and O–H groups in total. The summed E-state index contributed by atoms with van der Waals surface area (Å²) in [6, 6.07) is 0. The maximum Gasteiger partial charge on any atom is 0.0431 e. The SMILES string of the molecule is CCC1CCC(C2CCC(C3CCC(CCCCO)CC3CC)CC2CC)CC1. The van der Waals surface area contributed by atoms with Crippen LogP contribution < -0.4 is 0 Å². The zero-order chi connectivity index (χ0) is 20.6. The van der Waals surface area contributed by atoms with Gasteiger partial charge in [0, 0.05) is 6.61 Å². The van der Waals surface area contributed by atoms with E-state index in [1.165, 1.54) is 64.2 Å². The smallest absolute Gasteiger partial charge is 0.0431 e. The molecule has 0 heterocycles. The van der Waals surface area contributed by atoms with Gasteiger partial charge in [-0.3, -0.25) is 0 Å². The maximum atomic E-state index is 9.10. The fourth-order valence-electron chi connectivity index (χ4n) is 8.11. The van der Waals surface area contributed by atoms with Crippen molar-refractivity contribution < 1.29 is 5.11 Å². The summed E-state index contributed by atoms with van der Waals surface area (Å²) in [6.45, 7) is 7.74. The van der Waals surface area contributed by atoms with Gasteiger partial charge in [-0.15, -0.1) is 0 Å². The van der Waals surface area contributed by atoms with Crippen molar-refractivity contribution in [2.45, 2.75) is 124 Å². The molecule has 0 aliphatic heterocycles. The Labute approximate surface area is 182 Å². The van der Waals surface area contributed by atoms with Gasteiger partial charge in [-0.1, -0.05) is 72.1 Å². The van der Waals surface area contributed by atoms with Gasteiger partial charge < -0.3 is 5.11 Å². The molecular formula is C28H52O. The van der Waals surface area contributed by atoms with Gasteiger partial charge >= 0.3 is 0 Å². The third kappa shape index (κ3) is 6.24. The van der Waals surface area contributed by atoms with Crippen LogP contribution in [0.5, 0.6) is 0 Å². The van der Waals surface area contributed by atoms with Gasteiger partial charge in [0.25, 0.3) is 0 Å². The minimum absolute atomic E-state index is 0.383. The molecule has 3 aliphatic carbocycles. The normalized spacial score (nSPS) is 41.4. The van der Waals surface area contributed by atoms with Crippen LogP contribution >= 0.6 is 0 Å². The minimum atomic E-state index is 0.383. The lowest BCUT2D eigenvalue weighted by atomic mass is 9.58. The molecule has 0 aromatic rings. The first-order valence-corrected chi connectivity index (χ1v) is 13.8. The van der Waals surface area contributed by atoms with Gasteiger partial charge in [-0.05, 0) is 98.7 Å². The topological polar surface area (TPSA) is 20.2 Å². The fraction of sp³-hybridized carbons (Fsp3) is 1.00. The number of hydrogen-bond donors (Lipinski definition) is 1. The Morgan fingerprint density at radius 3 is 1.83 bits per heavy atom. The summed E-state index contributed by atoms with van der Waals surface area (Å²) in [7, 11) is 0. The number of aliphatic hydroxyl groups is 1. The molecule has 29 heavy (non-hydrogen) atoms. The third-order valence-corrected chi connectivity index (χ3v) is 9.98. The van der Waals surface area contributed by atoms with E-state index in [1.807, 2.05) is 0 Å².